The van der Waals surface area contributed by atoms with Crippen molar-refractivity contribution in [2.24, 2.45) is 0 Å². The van der Waals surface area contributed by atoms with E-state index in [0.29, 0.717) is 16.3 Å². The SMILES string of the molecule is Cc1cc(Cl)ccc1O[C@@H](C)C(=O)NCc1ccccc1F. The van der Waals surface area contributed by atoms with Gasteiger partial charge in [0.2, 0.25) is 0 Å². The molecule has 0 aliphatic rings. The molecule has 0 aliphatic heterocycles. The topological polar surface area (TPSA) is 38.3 Å². The lowest BCUT2D eigenvalue weighted by molar-refractivity contribution is -0.127. The van der Waals surface area contributed by atoms with Crippen LogP contribution in [0.3, 0.4) is 0 Å². The summed E-state index contributed by atoms with van der Waals surface area (Å²) in [5, 5.41) is 3.27. The number of ether oxygens (including phenoxy) is 1. The van der Waals surface area contributed by atoms with Gasteiger partial charge >= 0.3 is 0 Å². The van der Waals surface area contributed by atoms with Gasteiger partial charge in [-0.2, -0.15) is 0 Å². The molecule has 116 valence electrons. The molecule has 0 aromatic heterocycles. The van der Waals surface area contributed by atoms with E-state index < -0.39 is 6.10 Å². The highest BCUT2D eigenvalue weighted by Gasteiger charge is 2.16. The number of halogens is 2. The first-order chi connectivity index (χ1) is 10.5. The zero-order valence-electron chi connectivity index (χ0n) is 12.4. The standard InChI is InChI=1S/C17H17ClFNO2/c1-11-9-14(18)7-8-16(11)22-12(2)17(21)20-10-13-5-3-4-6-15(13)19/h3-9,12H,10H2,1-2H3,(H,20,21)/t12-/m0/s1. The van der Waals surface area contributed by atoms with Crippen LogP contribution < -0.4 is 10.1 Å². The van der Waals surface area contributed by atoms with Crippen LogP contribution in [0.2, 0.25) is 5.02 Å². The van der Waals surface area contributed by atoms with E-state index in [1.807, 2.05) is 6.92 Å². The minimum absolute atomic E-state index is 0.124. The minimum Gasteiger partial charge on any atom is -0.481 e. The third-order valence-electron chi connectivity index (χ3n) is 3.22. The van der Waals surface area contributed by atoms with Crippen molar-refractivity contribution in [3.05, 3.63) is 64.4 Å². The van der Waals surface area contributed by atoms with Crippen LogP contribution in [0.5, 0.6) is 5.75 Å². The highest BCUT2D eigenvalue weighted by atomic mass is 35.5. The van der Waals surface area contributed by atoms with Crippen LogP contribution in [-0.2, 0) is 11.3 Å². The second kappa shape index (κ2) is 7.27. The molecule has 3 nitrogen and oxygen atoms in total. The number of rotatable bonds is 5. The van der Waals surface area contributed by atoms with Crippen LogP contribution in [0.1, 0.15) is 18.1 Å². The van der Waals surface area contributed by atoms with Gasteiger partial charge in [0.05, 0.1) is 0 Å². The normalized spacial score (nSPS) is 11.8. The third-order valence-corrected chi connectivity index (χ3v) is 3.46. The summed E-state index contributed by atoms with van der Waals surface area (Å²) < 4.78 is 19.1. The first-order valence-electron chi connectivity index (χ1n) is 6.91. The number of hydrogen-bond donors (Lipinski definition) is 1. The average Bonchev–Trinajstić information content (AvgIpc) is 2.49. The van der Waals surface area contributed by atoms with Gasteiger partial charge in [0.1, 0.15) is 11.6 Å². The number of hydrogen-bond acceptors (Lipinski definition) is 2. The lowest BCUT2D eigenvalue weighted by atomic mass is 10.2. The summed E-state index contributed by atoms with van der Waals surface area (Å²) in [6, 6.07) is 11.5. The number of carbonyl (C=O) groups excluding carboxylic acids is 1. The van der Waals surface area contributed by atoms with Gasteiger partial charge in [-0.15, -0.1) is 0 Å². The van der Waals surface area contributed by atoms with Crippen LogP contribution in [0.15, 0.2) is 42.5 Å². The van der Waals surface area contributed by atoms with Gasteiger partial charge in [0.25, 0.3) is 5.91 Å². The number of aryl methyl sites for hydroxylation is 1. The molecule has 1 N–H and O–H groups in total. The summed E-state index contributed by atoms with van der Waals surface area (Å²) >= 11 is 5.88. The van der Waals surface area contributed by atoms with Crippen molar-refractivity contribution >= 4 is 17.5 Å². The Morgan fingerprint density at radius 1 is 1.32 bits per heavy atom. The lowest BCUT2D eigenvalue weighted by Gasteiger charge is -2.16. The molecule has 0 aliphatic carbocycles. The van der Waals surface area contributed by atoms with Crippen LogP contribution >= 0.6 is 11.6 Å². The summed E-state index contributed by atoms with van der Waals surface area (Å²) in [5.74, 6) is -0.0551. The van der Waals surface area contributed by atoms with Crippen molar-refractivity contribution in [3.8, 4) is 5.75 Å². The molecule has 0 fully saturated rings. The summed E-state index contributed by atoms with van der Waals surface area (Å²) in [4.78, 5) is 12.0. The van der Waals surface area contributed by atoms with Gasteiger partial charge in [-0.25, -0.2) is 4.39 Å². The molecule has 1 atom stereocenters. The van der Waals surface area contributed by atoms with Gasteiger partial charge in [-0.05, 0) is 43.7 Å². The fourth-order valence-electron chi connectivity index (χ4n) is 1.96. The quantitative estimate of drug-likeness (QED) is 0.907. The third kappa shape index (κ3) is 4.21. The van der Waals surface area contributed by atoms with Crippen molar-refractivity contribution in [1.82, 2.24) is 5.32 Å². The van der Waals surface area contributed by atoms with E-state index in [2.05, 4.69) is 5.32 Å². The van der Waals surface area contributed by atoms with Crippen molar-refractivity contribution in [1.29, 1.82) is 0 Å². The predicted molar refractivity (Wildman–Crippen MR) is 84.5 cm³/mol. The van der Waals surface area contributed by atoms with Crippen molar-refractivity contribution in [2.75, 3.05) is 0 Å². The molecule has 5 heteroatoms. The van der Waals surface area contributed by atoms with E-state index in [-0.39, 0.29) is 18.3 Å². The second-order valence-electron chi connectivity index (χ2n) is 4.98. The summed E-state index contributed by atoms with van der Waals surface area (Å²) in [7, 11) is 0. The molecule has 2 aromatic carbocycles. The van der Waals surface area contributed by atoms with Crippen LogP contribution in [0, 0.1) is 12.7 Å². The maximum Gasteiger partial charge on any atom is 0.261 e. The Morgan fingerprint density at radius 2 is 2.05 bits per heavy atom. The molecule has 22 heavy (non-hydrogen) atoms. The molecule has 0 saturated carbocycles. The first kappa shape index (κ1) is 16.3. The highest BCUT2D eigenvalue weighted by Crippen LogP contribution is 2.22. The molecule has 0 radical (unpaired) electrons. The zero-order valence-corrected chi connectivity index (χ0v) is 13.2. The number of nitrogens with one attached hydrogen (secondary N) is 1. The Labute approximate surface area is 134 Å². The van der Waals surface area contributed by atoms with Crippen LogP contribution in [0.25, 0.3) is 0 Å². The van der Waals surface area contributed by atoms with E-state index >= 15 is 0 Å². The molecule has 0 unspecified atom stereocenters. The smallest absolute Gasteiger partial charge is 0.261 e. The Hall–Kier alpha value is -2.07. The highest BCUT2D eigenvalue weighted by molar-refractivity contribution is 6.30. The Kier molecular flexibility index (Phi) is 5.39. The number of carbonyl (C=O) groups is 1. The molecule has 0 saturated heterocycles. The molecular weight excluding hydrogens is 305 g/mol. The van der Waals surface area contributed by atoms with Gasteiger partial charge in [0, 0.05) is 17.1 Å². The first-order valence-corrected chi connectivity index (χ1v) is 7.29. The number of benzene rings is 2. The van der Waals surface area contributed by atoms with E-state index in [4.69, 9.17) is 16.3 Å². The molecule has 0 spiro atoms. The largest absolute Gasteiger partial charge is 0.481 e. The fraction of sp³-hybridized carbons (Fsp3) is 0.235. The van der Waals surface area contributed by atoms with Gasteiger partial charge in [-0.1, -0.05) is 29.8 Å². The zero-order chi connectivity index (χ0) is 16.1. The average molecular weight is 322 g/mol. The van der Waals surface area contributed by atoms with Crippen molar-refractivity contribution < 1.29 is 13.9 Å². The monoisotopic (exact) mass is 321 g/mol. The maximum absolute atomic E-state index is 13.5. The van der Waals surface area contributed by atoms with Crippen LogP contribution in [0.4, 0.5) is 4.39 Å². The molecule has 0 heterocycles. The van der Waals surface area contributed by atoms with Crippen molar-refractivity contribution in [2.45, 2.75) is 26.5 Å². The molecular formula is C17H17ClFNO2. The van der Waals surface area contributed by atoms with Gasteiger partial charge < -0.3 is 10.1 Å². The second-order valence-corrected chi connectivity index (χ2v) is 5.42. The fourth-order valence-corrected chi connectivity index (χ4v) is 2.18. The van der Waals surface area contributed by atoms with Gasteiger partial charge in [0.15, 0.2) is 6.10 Å². The van der Waals surface area contributed by atoms with Gasteiger partial charge in [-0.3, -0.25) is 4.79 Å². The molecule has 2 rings (SSSR count). The summed E-state index contributed by atoms with van der Waals surface area (Å²) in [5.41, 5.74) is 1.28. The molecule has 1 amide bonds. The summed E-state index contributed by atoms with van der Waals surface area (Å²) in [6.07, 6.45) is -0.688. The molecule has 2 aromatic rings. The van der Waals surface area contributed by atoms with E-state index in [9.17, 15) is 9.18 Å². The van der Waals surface area contributed by atoms with E-state index in [1.165, 1.54) is 6.07 Å². The maximum atomic E-state index is 13.5. The van der Waals surface area contributed by atoms with Crippen molar-refractivity contribution in [3.63, 3.8) is 0 Å². The minimum atomic E-state index is -0.688. The molecule has 0 bridgehead atoms. The predicted octanol–water partition coefficient (Wildman–Crippen LogP) is 3.87. The lowest BCUT2D eigenvalue weighted by Crippen LogP contribution is -2.36. The van der Waals surface area contributed by atoms with E-state index in [0.717, 1.165) is 5.56 Å². The van der Waals surface area contributed by atoms with Crippen LogP contribution in [-0.4, -0.2) is 12.0 Å². The summed E-state index contributed by atoms with van der Waals surface area (Å²) in [6.45, 7) is 3.62. The Balaban J connectivity index is 1.93. The van der Waals surface area contributed by atoms with E-state index in [1.54, 1.807) is 43.3 Å². The Morgan fingerprint density at radius 3 is 2.73 bits per heavy atom. The number of amides is 1. The Bertz CT molecular complexity index is 675.